The molecule has 12 heavy (non-hydrogen) atoms. The maximum Gasteiger partial charge on any atom is 0.220 e. The molecule has 3 nitrogen and oxygen atoms in total. The molecule has 0 radical (unpaired) electrons. The Morgan fingerprint density at radius 2 is 1.58 bits per heavy atom. The molecule has 0 unspecified atom stereocenters. The fraction of sp³-hybridized carbons (Fsp3) is 0.889. The van der Waals surface area contributed by atoms with Crippen molar-refractivity contribution in [3.63, 3.8) is 0 Å². The molecular formula is C9H20N2O. The minimum absolute atomic E-state index is 0.157. The normalized spacial score (nSPS) is 10.4. The Morgan fingerprint density at radius 3 is 1.83 bits per heavy atom. The van der Waals surface area contributed by atoms with Gasteiger partial charge in [-0.15, -0.1) is 0 Å². The van der Waals surface area contributed by atoms with Crippen LogP contribution < -0.4 is 0 Å². The highest BCUT2D eigenvalue weighted by Crippen LogP contribution is 1.94. The summed E-state index contributed by atoms with van der Waals surface area (Å²) >= 11 is 0. The van der Waals surface area contributed by atoms with Gasteiger partial charge in [0, 0.05) is 13.5 Å². The lowest BCUT2D eigenvalue weighted by Crippen LogP contribution is -2.40. The van der Waals surface area contributed by atoms with Gasteiger partial charge < -0.3 is 4.90 Å². The van der Waals surface area contributed by atoms with Crippen molar-refractivity contribution < 1.29 is 4.79 Å². The zero-order chi connectivity index (χ0) is 9.56. The van der Waals surface area contributed by atoms with Crippen molar-refractivity contribution in [1.29, 1.82) is 0 Å². The van der Waals surface area contributed by atoms with E-state index in [0.717, 1.165) is 26.3 Å². The van der Waals surface area contributed by atoms with Gasteiger partial charge in [-0.3, -0.25) is 9.69 Å². The third-order valence-corrected chi connectivity index (χ3v) is 2.09. The molecule has 0 aromatic carbocycles. The van der Waals surface area contributed by atoms with E-state index in [2.05, 4.69) is 18.7 Å². The molecule has 0 saturated heterocycles. The van der Waals surface area contributed by atoms with Crippen molar-refractivity contribution in [2.45, 2.75) is 27.7 Å². The van der Waals surface area contributed by atoms with Crippen LogP contribution in [0.2, 0.25) is 0 Å². The number of carbonyl (C=O) groups excluding carboxylic acids is 1. The van der Waals surface area contributed by atoms with Crippen molar-refractivity contribution in [2.24, 2.45) is 0 Å². The van der Waals surface area contributed by atoms with Crippen LogP contribution in [0, 0.1) is 0 Å². The molecule has 0 spiro atoms. The monoisotopic (exact) mass is 172 g/mol. The first-order chi connectivity index (χ1) is 5.65. The van der Waals surface area contributed by atoms with Crippen LogP contribution in [0.5, 0.6) is 0 Å². The third-order valence-electron chi connectivity index (χ3n) is 2.09. The van der Waals surface area contributed by atoms with Crippen LogP contribution in [0.25, 0.3) is 0 Å². The highest BCUT2D eigenvalue weighted by Gasteiger charge is 2.08. The van der Waals surface area contributed by atoms with Gasteiger partial charge in [0.1, 0.15) is 0 Å². The molecule has 0 aliphatic carbocycles. The van der Waals surface area contributed by atoms with Crippen molar-refractivity contribution in [3.05, 3.63) is 0 Å². The summed E-state index contributed by atoms with van der Waals surface area (Å²) in [6.45, 7) is 11.4. The van der Waals surface area contributed by atoms with Gasteiger partial charge in [0.25, 0.3) is 0 Å². The molecular weight excluding hydrogens is 152 g/mol. The molecule has 72 valence electrons. The van der Waals surface area contributed by atoms with Gasteiger partial charge in [-0.25, -0.2) is 0 Å². The SMILES string of the molecule is CCN(CC)CN(CC)C(C)=O. The second-order valence-electron chi connectivity index (χ2n) is 2.82. The van der Waals surface area contributed by atoms with E-state index in [0.29, 0.717) is 0 Å². The van der Waals surface area contributed by atoms with Gasteiger partial charge in [-0.2, -0.15) is 0 Å². The molecule has 0 fully saturated rings. The lowest BCUT2D eigenvalue weighted by atomic mass is 10.5. The molecule has 3 heteroatoms. The van der Waals surface area contributed by atoms with Crippen LogP contribution >= 0.6 is 0 Å². The predicted molar refractivity (Wildman–Crippen MR) is 50.8 cm³/mol. The maximum absolute atomic E-state index is 11.0. The van der Waals surface area contributed by atoms with Crippen LogP contribution in [-0.4, -0.2) is 42.0 Å². The molecule has 0 rings (SSSR count). The van der Waals surface area contributed by atoms with E-state index in [-0.39, 0.29) is 5.91 Å². The molecule has 0 aromatic rings. The Balaban J connectivity index is 3.91. The van der Waals surface area contributed by atoms with Crippen molar-refractivity contribution >= 4 is 5.91 Å². The number of hydrogen-bond donors (Lipinski definition) is 0. The second-order valence-corrected chi connectivity index (χ2v) is 2.82. The summed E-state index contributed by atoms with van der Waals surface area (Å²) in [6, 6.07) is 0. The van der Waals surface area contributed by atoms with Crippen LogP contribution in [0.4, 0.5) is 0 Å². The van der Waals surface area contributed by atoms with Gasteiger partial charge in [0.05, 0.1) is 6.67 Å². The average Bonchev–Trinajstić information content (AvgIpc) is 2.06. The quantitative estimate of drug-likeness (QED) is 0.581. The van der Waals surface area contributed by atoms with Gasteiger partial charge >= 0.3 is 0 Å². The first kappa shape index (κ1) is 11.4. The van der Waals surface area contributed by atoms with Gasteiger partial charge in [0.15, 0.2) is 0 Å². The summed E-state index contributed by atoms with van der Waals surface area (Å²) in [5, 5.41) is 0. The summed E-state index contributed by atoms with van der Waals surface area (Å²) in [4.78, 5) is 15.1. The van der Waals surface area contributed by atoms with Crippen LogP contribution in [0.3, 0.4) is 0 Å². The number of rotatable bonds is 5. The van der Waals surface area contributed by atoms with Crippen LogP contribution in [0.1, 0.15) is 27.7 Å². The van der Waals surface area contributed by atoms with Crippen LogP contribution in [0.15, 0.2) is 0 Å². The summed E-state index contributed by atoms with van der Waals surface area (Å²) in [6.07, 6.45) is 0. The van der Waals surface area contributed by atoms with E-state index < -0.39 is 0 Å². The Labute approximate surface area is 75.3 Å². The Kier molecular flexibility index (Phi) is 5.72. The number of carbonyl (C=O) groups is 1. The van der Waals surface area contributed by atoms with Gasteiger partial charge in [0.2, 0.25) is 5.91 Å². The lowest BCUT2D eigenvalue weighted by molar-refractivity contribution is -0.130. The largest absolute Gasteiger partial charge is 0.330 e. The Hall–Kier alpha value is -0.570. The topological polar surface area (TPSA) is 23.6 Å². The summed E-state index contributed by atoms with van der Waals surface area (Å²) in [7, 11) is 0. The van der Waals surface area contributed by atoms with E-state index in [1.165, 1.54) is 0 Å². The summed E-state index contributed by atoms with van der Waals surface area (Å²) in [5.41, 5.74) is 0. The second kappa shape index (κ2) is 6.00. The number of nitrogens with zero attached hydrogens (tertiary/aromatic N) is 2. The van der Waals surface area contributed by atoms with E-state index >= 15 is 0 Å². The van der Waals surface area contributed by atoms with Crippen molar-refractivity contribution in [3.8, 4) is 0 Å². The highest BCUT2D eigenvalue weighted by atomic mass is 16.2. The van der Waals surface area contributed by atoms with E-state index in [1.807, 2.05) is 11.8 Å². The molecule has 0 bridgehead atoms. The first-order valence-electron chi connectivity index (χ1n) is 4.63. The summed E-state index contributed by atoms with van der Waals surface area (Å²) < 4.78 is 0. The fourth-order valence-corrected chi connectivity index (χ4v) is 1.09. The first-order valence-corrected chi connectivity index (χ1v) is 4.63. The fourth-order valence-electron chi connectivity index (χ4n) is 1.09. The highest BCUT2D eigenvalue weighted by molar-refractivity contribution is 5.73. The van der Waals surface area contributed by atoms with Gasteiger partial charge in [-0.05, 0) is 20.0 Å². The smallest absolute Gasteiger partial charge is 0.220 e. The average molecular weight is 172 g/mol. The molecule has 0 heterocycles. The summed E-state index contributed by atoms with van der Waals surface area (Å²) in [5.74, 6) is 0.157. The minimum Gasteiger partial charge on any atom is -0.330 e. The van der Waals surface area contributed by atoms with Gasteiger partial charge in [-0.1, -0.05) is 13.8 Å². The molecule has 0 aliphatic rings. The molecule has 0 aliphatic heterocycles. The minimum atomic E-state index is 0.157. The standard InChI is InChI=1S/C9H20N2O/c1-5-10(6-2)8-11(7-3)9(4)12/h5-8H2,1-4H3. The zero-order valence-electron chi connectivity index (χ0n) is 8.63. The predicted octanol–water partition coefficient (Wildman–Crippen LogP) is 1.15. The lowest BCUT2D eigenvalue weighted by Gasteiger charge is -2.27. The van der Waals surface area contributed by atoms with Crippen molar-refractivity contribution in [1.82, 2.24) is 9.80 Å². The maximum atomic E-state index is 11.0. The molecule has 0 aromatic heterocycles. The van der Waals surface area contributed by atoms with E-state index in [9.17, 15) is 4.79 Å². The number of amides is 1. The van der Waals surface area contributed by atoms with Crippen molar-refractivity contribution in [2.75, 3.05) is 26.3 Å². The van der Waals surface area contributed by atoms with Crippen LogP contribution in [-0.2, 0) is 4.79 Å². The van der Waals surface area contributed by atoms with E-state index in [1.54, 1.807) is 6.92 Å². The number of hydrogen-bond acceptors (Lipinski definition) is 2. The van der Waals surface area contributed by atoms with E-state index in [4.69, 9.17) is 0 Å². The molecule has 0 saturated carbocycles. The molecule has 0 atom stereocenters. The zero-order valence-corrected chi connectivity index (χ0v) is 8.63. The molecule has 0 N–H and O–H groups in total. The Bertz CT molecular complexity index is 132. The Morgan fingerprint density at radius 1 is 1.08 bits per heavy atom. The third kappa shape index (κ3) is 3.72. The molecule has 1 amide bonds.